The van der Waals surface area contributed by atoms with Gasteiger partial charge in [0.1, 0.15) is 5.75 Å². The highest BCUT2D eigenvalue weighted by molar-refractivity contribution is 9.10. The van der Waals surface area contributed by atoms with E-state index < -0.39 is 0 Å². The summed E-state index contributed by atoms with van der Waals surface area (Å²) in [6, 6.07) is 15.4. The Bertz CT molecular complexity index is 784. The van der Waals surface area contributed by atoms with E-state index in [0.29, 0.717) is 17.9 Å². The minimum atomic E-state index is -0.187. The first-order valence-corrected chi connectivity index (χ1v) is 9.06. The summed E-state index contributed by atoms with van der Waals surface area (Å²) in [6.45, 7) is 0.471. The summed E-state index contributed by atoms with van der Waals surface area (Å²) in [4.78, 5) is 12.0. The predicted molar refractivity (Wildman–Crippen MR) is 110 cm³/mol. The first-order valence-electron chi connectivity index (χ1n) is 7.86. The second-order valence-corrected chi connectivity index (χ2v) is 6.65. The molecule has 0 radical (unpaired) electrons. The van der Waals surface area contributed by atoms with Gasteiger partial charge in [-0.2, -0.15) is 5.10 Å². The van der Waals surface area contributed by atoms with Crippen molar-refractivity contribution in [1.82, 2.24) is 10.7 Å². The molecule has 1 amide bonds. The van der Waals surface area contributed by atoms with Crippen molar-refractivity contribution in [1.29, 1.82) is 0 Å². The zero-order valence-corrected chi connectivity index (χ0v) is 16.3. The Morgan fingerprint density at radius 1 is 1.27 bits per heavy atom. The van der Waals surface area contributed by atoms with Gasteiger partial charge in [0.15, 0.2) is 11.7 Å². The van der Waals surface area contributed by atoms with Crippen LogP contribution in [0.1, 0.15) is 11.1 Å². The molecule has 0 aliphatic rings. The lowest BCUT2D eigenvalue weighted by atomic mass is 10.1. The number of hydrazone groups is 1. The molecule has 136 valence electrons. The molecule has 0 aliphatic heterocycles. The van der Waals surface area contributed by atoms with E-state index >= 15 is 0 Å². The van der Waals surface area contributed by atoms with Crippen molar-refractivity contribution in [2.24, 2.45) is 10.8 Å². The van der Waals surface area contributed by atoms with E-state index in [-0.39, 0.29) is 17.6 Å². The average molecular weight is 435 g/mol. The van der Waals surface area contributed by atoms with E-state index in [1.54, 1.807) is 6.07 Å². The molecule has 2 rings (SSSR count). The Kier molecular flexibility index (Phi) is 8.04. The quantitative estimate of drug-likeness (QED) is 0.337. The molecule has 0 heterocycles. The van der Waals surface area contributed by atoms with E-state index in [1.165, 1.54) is 11.8 Å². The van der Waals surface area contributed by atoms with Crippen LogP contribution in [0, 0.1) is 0 Å². The van der Waals surface area contributed by atoms with Crippen molar-refractivity contribution in [2.45, 2.75) is 6.42 Å². The Morgan fingerprint density at radius 3 is 2.77 bits per heavy atom. The Morgan fingerprint density at radius 2 is 2.04 bits per heavy atom. The van der Waals surface area contributed by atoms with Gasteiger partial charge >= 0.3 is 0 Å². The van der Waals surface area contributed by atoms with Gasteiger partial charge in [-0.3, -0.25) is 10.2 Å². The normalized spacial score (nSPS) is 10.5. The van der Waals surface area contributed by atoms with E-state index in [9.17, 15) is 4.79 Å². The van der Waals surface area contributed by atoms with Crippen LogP contribution in [0.4, 0.5) is 0 Å². The highest BCUT2D eigenvalue weighted by Crippen LogP contribution is 2.21. The molecule has 6 nitrogen and oxygen atoms in total. The van der Waals surface area contributed by atoms with E-state index in [1.807, 2.05) is 42.5 Å². The first kappa shape index (κ1) is 19.9. The van der Waals surface area contributed by atoms with Gasteiger partial charge in [0.2, 0.25) is 0 Å². The molecule has 2 aromatic rings. The maximum atomic E-state index is 12.0. The van der Waals surface area contributed by atoms with Crippen LogP contribution in [0.5, 0.6) is 5.75 Å². The maximum Gasteiger partial charge on any atom is 0.257 e. The minimum Gasteiger partial charge on any atom is -0.483 e. The molecule has 4 N–H and O–H groups in total. The summed E-state index contributed by atoms with van der Waals surface area (Å²) >= 11 is 8.08. The predicted octanol–water partition coefficient (Wildman–Crippen LogP) is 2.35. The molecule has 8 heteroatoms. The number of nitrogens with one attached hydrogen (secondary N) is 2. The number of halogens is 1. The maximum absolute atomic E-state index is 12.0. The van der Waals surface area contributed by atoms with Gasteiger partial charge in [0.25, 0.3) is 5.91 Å². The van der Waals surface area contributed by atoms with E-state index in [4.69, 9.17) is 22.7 Å². The molecule has 0 bridgehead atoms. The molecular weight excluding hydrogens is 416 g/mol. The number of hydrogen-bond acceptors (Lipinski definition) is 4. The zero-order valence-electron chi connectivity index (χ0n) is 13.9. The third-order valence-corrected chi connectivity index (χ3v) is 3.87. The number of rotatable bonds is 8. The van der Waals surface area contributed by atoms with Crippen LogP contribution in [-0.2, 0) is 11.2 Å². The smallest absolute Gasteiger partial charge is 0.257 e. The van der Waals surface area contributed by atoms with Crippen LogP contribution >= 0.6 is 28.1 Å². The first-order chi connectivity index (χ1) is 12.5. The van der Waals surface area contributed by atoms with Gasteiger partial charge in [-0.05, 0) is 42.4 Å². The van der Waals surface area contributed by atoms with Crippen molar-refractivity contribution in [2.75, 3.05) is 13.2 Å². The number of nitrogens with two attached hydrogens (primary N) is 1. The third kappa shape index (κ3) is 7.20. The van der Waals surface area contributed by atoms with Gasteiger partial charge in [-0.1, -0.05) is 46.3 Å². The zero-order chi connectivity index (χ0) is 18.8. The fraction of sp³-hybridized carbons (Fsp3) is 0.167. The standard InChI is InChI=1S/C18H19BrN4O2S/c19-15-6-7-16(14(10-15)11-22-23-18(20)26)25-12-17(24)21-9-8-13-4-2-1-3-5-13/h1-7,10-11H,8-9,12H2,(H,21,24)(H3,20,23,26). The van der Waals surface area contributed by atoms with Crippen molar-refractivity contribution < 1.29 is 9.53 Å². The van der Waals surface area contributed by atoms with Crippen molar-refractivity contribution in [3.8, 4) is 5.75 Å². The summed E-state index contributed by atoms with van der Waals surface area (Å²) in [6.07, 6.45) is 2.29. The summed E-state index contributed by atoms with van der Waals surface area (Å²) < 4.78 is 6.45. The van der Waals surface area contributed by atoms with Gasteiger partial charge in [-0.25, -0.2) is 0 Å². The van der Waals surface area contributed by atoms with Gasteiger partial charge in [0, 0.05) is 16.6 Å². The molecule has 0 unspecified atom stereocenters. The van der Waals surface area contributed by atoms with Gasteiger partial charge < -0.3 is 15.8 Å². The molecule has 26 heavy (non-hydrogen) atoms. The lowest BCUT2D eigenvalue weighted by molar-refractivity contribution is -0.123. The van der Waals surface area contributed by atoms with Crippen LogP contribution in [0.3, 0.4) is 0 Å². The largest absolute Gasteiger partial charge is 0.483 e. The number of amides is 1. The fourth-order valence-corrected chi connectivity index (χ4v) is 2.53. The Hall–Kier alpha value is -2.45. The summed E-state index contributed by atoms with van der Waals surface area (Å²) in [7, 11) is 0. The number of ether oxygens (including phenoxy) is 1. The monoisotopic (exact) mass is 434 g/mol. The fourth-order valence-electron chi connectivity index (χ4n) is 2.10. The molecular formula is C18H19BrN4O2S. The number of hydrogen-bond donors (Lipinski definition) is 3. The van der Waals surface area contributed by atoms with Crippen molar-refractivity contribution >= 4 is 45.4 Å². The molecule has 0 aliphatic carbocycles. The third-order valence-electron chi connectivity index (χ3n) is 3.29. The van der Waals surface area contributed by atoms with Crippen LogP contribution in [0.2, 0.25) is 0 Å². The minimum absolute atomic E-state index is 0.0662. The summed E-state index contributed by atoms with van der Waals surface area (Å²) in [5.74, 6) is 0.341. The molecule has 0 atom stereocenters. The molecule has 2 aromatic carbocycles. The van der Waals surface area contributed by atoms with Crippen LogP contribution in [-0.4, -0.2) is 30.4 Å². The summed E-state index contributed by atoms with van der Waals surface area (Å²) in [5.41, 5.74) is 9.65. The number of carbonyl (C=O) groups is 1. The molecule has 0 saturated carbocycles. The SMILES string of the molecule is NC(=S)NN=Cc1cc(Br)ccc1OCC(=O)NCCc1ccccc1. The molecule has 0 spiro atoms. The second kappa shape index (κ2) is 10.5. The second-order valence-electron chi connectivity index (χ2n) is 5.29. The molecule has 0 aromatic heterocycles. The van der Waals surface area contributed by atoms with Crippen LogP contribution < -0.4 is 21.2 Å². The number of benzene rings is 2. The van der Waals surface area contributed by atoms with Gasteiger partial charge in [0.05, 0.1) is 6.21 Å². The van der Waals surface area contributed by atoms with Crippen molar-refractivity contribution in [3.63, 3.8) is 0 Å². The van der Waals surface area contributed by atoms with E-state index in [0.717, 1.165) is 10.9 Å². The highest BCUT2D eigenvalue weighted by atomic mass is 79.9. The Balaban J connectivity index is 1.84. The molecule has 0 saturated heterocycles. The van der Waals surface area contributed by atoms with E-state index in [2.05, 4.69) is 31.8 Å². The lowest BCUT2D eigenvalue weighted by Crippen LogP contribution is -2.30. The van der Waals surface area contributed by atoms with Gasteiger partial charge in [-0.15, -0.1) is 0 Å². The Labute approximate surface area is 165 Å². The number of nitrogens with zero attached hydrogens (tertiary/aromatic N) is 1. The highest BCUT2D eigenvalue weighted by Gasteiger charge is 2.07. The average Bonchev–Trinajstić information content (AvgIpc) is 2.61. The lowest BCUT2D eigenvalue weighted by Gasteiger charge is -2.10. The number of carbonyl (C=O) groups excluding carboxylic acids is 1. The van der Waals surface area contributed by atoms with Crippen molar-refractivity contribution in [3.05, 3.63) is 64.1 Å². The number of thiocarbonyl (C=S) groups is 1. The van der Waals surface area contributed by atoms with Crippen LogP contribution in [0.15, 0.2) is 58.1 Å². The molecule has 0 fully saturated rings. The summed E-state index contributed by atoms with van der Waals surface area (Å²) in [5, 5.41) is 6.81. The topological polar surface area (TPSA) is 88.7 Å². The van der Waals surface area contributed by atoms with Crippen LogP contribution in [0.25, 0.3) is 0 Å².